The zero-order valence-corrected chi connectivity index (χ0v) is 19.8. The van der Waals surface area contributed by atoms with E-state index in [0.29, 0.717) is 10.2 Å². The molecule has 0 saturated carbocycles. The van der Waals surface area contributed by atoms with Crippen LogP contribution in [0.15, 0.2) is 70.6 Å². The standard InChI is InChI=1S/C23H22N4O4S2/c1-14(2)26-33(30,31)18-11-7-10-17(12-18)21(28)25-27-13-24-22-20(23(27)29)19(15(3)32-22)16-8-5-4-6-9-16/h4-14,26H,1-3H3,(H,25,28). The molecule has 10 heteroatoms. The third-order valence-electron chi connectivity index (χ3n) is 4.87. The molecule has 170 valence electrons. The van der Waals surface area contributed by atoms with Gasteiger partial charge in [-0.1, -0.05) is 36.4 Å². The average molecular weight is 483 g/mol. The Hall–Kier alpha value is -3.34. The van der Waals surface area contributed by atoms with E-state index >= 15 is 0 Å². The molecule has 0 saturated heterocycles. The van der Waals surface area contributed by atoms with E-state index in [1.54, 1.807) is 13.8 Å². The number of rotatable bonds is 6. The highest BCUT2D eigenvalue weighted by Gasteiger charge is 2.20. The molecule has 0 unspecified atom stereocenters. The highest BCUT2D eigenvalue weighted by molar-refractivity contribution is 7.89. The van der Waals surface area contributed by atoms with E-state index in [1.165, 1.54) is 41.9 Å². The van der Waals surface area contributed by atoms with Crippen LogP contribution in [-0.4, -0.2) is 30.0 Å². The van der Waals surface area contributed by atoms with Gasteiger partial charge >= 0.3 is 0 Å². The highest BCUT2D eigenvalue weighted by atomic mass is 32.2. The molecule has 8 nitrogen and oxygen atoms in total. The van der Waals surface area contributed by atoms with Gasteiger partial charge in [-0.25, -0.2) is 22.8 Å². The number of benzene rings is 2. The molecule has 0 spiro atoms. The van der Waals surface area contributed by atoms with Crippen LogP contribution in [0.1, 0.15) is 29.1 Å². The van der Waals surface area contributed by atoms with Gasteiger partial charge in [-0.3, -0.25) is 15.0 Å². The maximum Gasteiger partial charge on any atom is 0.281 e. The van der Waals surface area contributed by atoms with E-state index in [0.717, 1.165) is 20.7 Å². The van der Waals surface area contributed by atoms with Crippen molar-refractivity contribution in [2.45, 2.75) is 31.7 Å². The van der Waals surface area contributed by atoms with E-state index < -0.39 is 21.5 Å². The summed E-state index contributed by atoms with van der Waals surface area (Å²) in [6.45, 7) is 5.34. The molecule has 4 rings (SSSR count). The van der Waals surface area contributed by atoms with Gasteiger partial charge in [-0.05, 0) is 44.5 Å². The van der Waals surface area contributed by atoms with Crippen LogP contribution in [0.25, 0.3) is 21.3 Å². The summed E-state index contributed by atoms with van der Waals surface area (Å²) in [7, 11) is -3.77. The fourth-order valence-corrected chi connectivity index (χ4v) is 5.79. The number of fused-ring (bicyclic) bond motifs is 1. The topological polar surface area (TPSA) is 110 Å². The first-order valence-corrected chi connectivity index (χ1v) is 12.5. The van der Waals surface area contributed by atoms with Crippen molar-refractivity contribution in [2.75, 3.05) is 5.43 Å². The van der Waals surface area contributed by atoms with Gasteiger partial charge in [0.1, 0.15) is 11.2 Å². The van der Waals surface area contributed by atoms with Crippen LogP contribution in [0.4, 0.5) is 0 Å². The van der Waals surface area contributed by atoms with Crippen molar-refractivity contribution in [2.24, 2.45) is 0 Å². The number of nitrogens with zero attached hydrogens (tertiary/aromatic N) is 2. The Balaban J connectivity index is 1.71. The van der Waals surface area contributed by atoms with Crippen molar-refractivity contribution in [3.05, 3.63) is 81.7 Å². The number of thiophene rings is 1. The van der Waals surface area contributed by atoms with Crippen molar-refractivity contribution in [3.8, 4) is 11.1 Å². The molecule has 0 bridgehead atoms. The fourth-order valence-electron chi connectivity index (χ4n) is 3.49. The van der Waals surface area contributed by atoms with Gasteiger partial charge in [0, 0.05) is 22.0 Å². The van der Waals surface area contributed by atoms with Crippen molar-refractivity contribution < 1.29 is 13.2 Å². The molecule has 2 heterocycles. The zero-order chi connectivity index (χ0) is 23.8. The van der Waals surface area contributed by atoms with Crippen molar-refractivity contribution in [1.82, 2.24) is 14.4 Å². The third kappa shape index (κ3) is 4.58. The van der Waals surface area contributed by atoms with E-state index in [4.69, 9.17) is 0 Å². The molecule has 2 N–H and O–H groups in total. The number of carbonyl (C=O) groups is 1. The number of hydrogen-bond donors (Lipinski definition) is 2. The number of aryl methyl sites for hydroxylation is 1. The Morgan fingerprint density at radius 3 is 2.52 bits per heavy atom. The molecule has 0 aliphatic carbocycles. The second-order valence-electron chi connectivity index (χ2n) is 7.74. The zero-order valence-electron chi connectivity index (χ0n) is 18.2. The van der Waals surface area contributed by atoms with Gasteiger partial charge < -0.3 is 0 Å². The number of sulfonamides is 1. The molecule has 0 fully saturated rings. The monoisotopic (exact) mass is 482 g/mol. The van der Waals surface area contributed by atoms with Crippen LogP contribution < -0.4 is 15.7 Å². The molecule has 2 aromatic heterocycles. The average Bonchev–Trinajstić information content (AvgIpc) is 3.12. The molecular formula is C23H22N4O4S2. The van der Waals surface area contributed by atoms with Gasteiger partial charge in [-0.2, -0.15) is 0 Å². The number of amides is 1. The lowest BCUT2D eigenvalue weighted by Crippen LogP contribution is -2.33. The lowest BCUT2D eigenvalue weighted by atomic mass is 10.0. The SMILES string of the molecule is Cc1sc2ncn(NC(=O)c3cccc(S(=O)(=O)NC(C)C)c3)c(=O)c2c1-c1ccccc1. The van der Waals surface area contributed by atoms with E-state index in [2.05, 4.69) is 15.1 Å². The predicted molar refractivity (Wildman–Crippen MR) is 130 cm³/mol. The Labute approximate surface area is 194 Å². The molecule has 4 aromatic rings. The lowest BCUT2D eigenvalue weighted by Gasteiger charge is -2.11. The fraction of sp³-hybridized carbons (Fsp3) is 0.174. The van der Waals surface area contributed by atoms with Crippen LogP contribution in [0.3, 0.4) is 0 Å². The van der Waals surface area contributed by atoms with E-state index in [-0.39, 0.29) is 16.5 Å². The molecule has 0 radical (unpaired) electrons. The van der Waals surface area contributed by atoms with Gasteiger partial charge in [0.05, 0.1) is 10.3 Å². The predicted octanol–water partition coefficient (Wildman–Crippen LogP) is 3.50. The van der Waals surface area contributed by atoms with Gasteiger partial charge in [-0.15, -0.1) is 11.3 Å². The Morgan fingerprint density at radius 2 is 1.82 bits per heavy atom. The first kappa shape index (κ1) is 22.8. The number of hydrogen-bond acceptors (Lipinski definition) is 6. The second-order valence-corrected chi connectivity index (χ2v) is 10.7. The Kier molecular flexibility index (Phi) is 6.15. The van der Waals surface area contributed by atoms with Crippen LogP contribution in [-0.2, 0) is 10.0 Å². The van der Waals surface area contributed by atoms with Crippen LogP contribution in [0, 0.1) is 6.92 Å². The summed E-state index contributed by atoms with van der Waals surface area (Å²) in [6, 6.07) is 14.8. The van der Waals surface area contributed by atoms with Crippen molar-refractivity contribution in [3.63, 3.8) is 0 Å². The number of nitrogens with one attached hydrogen (secondary N) is 2. The third-order valence-corrected chi connectivity index (χ3v) is 7.54. The summed E-state index contributed by atoms with van der Waals surface area (Å²) >= 11 is 1.41. The minimum atomic E-state index is -3.77. The second kappa shape index (κ2) is 8.89. The molecule has 0 aliphatic heterocycles. The first-order valence-electron chi connectivity index (χ1n) is 10.2. The molecule has 2 aromatic carbocycles. The van der Waals surface area contributed by atoms with Crippen LogP contribution in [0.5, 0.6) is 0 Å². The molecular weight excluding hydrogens is 460 g/mol. The quantitative estimate of drug-likeness (QED) is 0.437. The summed E-state index contributed by atoms with van der Waals surface area (Å²) in [5.74, 6) is -0.631. The summed E-state index contributed by atoms with van der Waals surface area (Å²) in [5.41, 5.74) is 3.87. The van der Waals surface area contributed by atoms with Gasteiger partial charge in [0.2, 0.25) is 10.0 Å². The molecule has 1 amide bonds. The lowest BCUT2D eigenvalue weighted by molar-refractivity contribution is 0.101. The minimum absolute atomic E-state index is 0.0374. The molecule has 0 aliphatic rings. The largest absolute Gasteiger partial charge is 0.281 e. The summed E-state index contributed by atoms with van der Waals surface area (Å²) in [6.07, 6.45) is 1.26. The number of aromatic nitrogens is 2. The van der Waals surface area contributed by atoms with E-state index in [1.807, 2.05) is 37.3 Å². The summed E-state index contributed by atoms with van der Waals surface area (Å²) in [5, 5.41) is 0.420. The maximum atomic E-state index is 13.3. The minimum Gasteiger partial charge on any atom is -0.267 e. The van der Waals surface area contributed by atoms with Gasteiger partial charge in [0.15, 0.2) is 0 Å². The van der Waals surface area contributed by atoms with Crippen molar-refractivity contribution >= 4 is 37.5 Å². The van der Waals surface area contributed by atoms with E-state index in [9.17, 15) is 18.0 Å². The Bertz CT molecular complexity index is 1510. The van der Waals surface area contributed by atoms with Crippen LogP contribution in [0.2, 0.25) is 0 Å². The summed E-state index contributed by atoms with van der Waals surface area (Å²) in [4.78, 5) is 31.9. The smallest absolute Gasteiger partial charge is 0.267 e. The maximum absolute atomic E-state index is 13.3. The normalized spacial score (nSPS) is 11.8. The summed E-state index contributed by atoms with van der Waals surface area (Å²) < 4.78 is 28.4. The van der Waals surface area contributed by atoms with Crippen LogP contribution >= 0.6 is 11.3 Å². The highest BCUT2D eigenvalue weighted by Crippen LogP contribution is 2.35. The van der Waals surface area contributed by atoms with Gasteiger partial charge in [0.25, 0.3) is 11.5 Å². The molecule has 33 heavy (non-hydrogen) atoms. The first-order chi connectivity index (χ1) is 15.7. The Morgan fingerprint density at radius 1 is 1.09 bits per heavy atom. The molecule has 0 atom stereocenters. The van der Waals surface area contributed by atoms with Crippen molar-refractivity contribution in [1.29, 1.82) is 0 Å². The number of carbonyl (C=O) groups excluding carboxylic acids is 1.